The van der Waals surface area contributed by atoms with Crippen molar-refractivity contribution >= 4 is 0 Å². The molecule has 1 fully saturated rings. The standard InChI is InChI=1S/C13H19FN2/c1-16-7-6-13(14,10-16)8-11-4-2-3-5-12(11)9-15/h2-5H,6-10,15H2,1H3. The smallest absolute Gasteiger partial charge is 0.128 e. The number of alkyl halides is 1. The molecule has 1 heterocycles. The van der Waals surface area contributed by atoms with Gasteiger partial charge in [0.1, 0.15) is 5.67 Å². The zero-order valence-corrected chi connectivity index (χ0v) is 9.75. The molecule has 16 heavy (non-hydrogen) atoms. The van der Waals surface area contributed by atoms with Crippen molar-refractivity contribution in [2.75, 3.05) is 20.1 Å². The number of halogens is 1. The molecule has 2 rings (SSSR count). The molecule has 0 spiro atoms. The SMILES string of the molecule is CN1CCC(F)(Cc2ccccc2CN)C1. The third kappa shape index (κ3) is 2.42. The highest BCUT2D eigenvalue weighted by Gasteiger charge is 2.37. The molecule has 88 valence electrons. The summed E-state index contributed by atoms with van der Waals surface area (Å²) in [6, 6.07) is 7.88. The van der Waals surface area contributed by atoms with Crippen molar-refractivity contribution in [3.05, 3.63) is 35.4 Å². The first kappa shape index (κ1) is 11.6. The van der Waals surface area contributed by atoms with Gasteiger partial charge in [0.25, 0.3) is 0 Å². The Kier molecular flexibility index (Phi) is 3.26. The maximum absolute atomic E-state index is 14.5. The van der Waals surface area contributed by atoms with Gasteiger partial charge in [0, 0.05) is 26.1 Å². The van der Waals surface area contributed by atoms with E-state index in [4.69, 9.17) is 5.73 Å². The van der Waals surface area contributed by atoms with Gasteiger partial charge in [-0.2, -0.15) is 0 Å². The van der Waals surface area contributed by atoms with E-state index in [2.05, 4.69) is 0 Å². The van der Waals surface area contributed by atoms with Gasteiger partial charge in [-0.25, -0.2) is 4.39 Å². The zero-order valence-electron chi connectivity index (χ0n) is 9.75. The molecule has 1 aliphatic heterocycles. The van der Waals surface area contributed by atoms with Crippen LogP contribution in [0.4, 0.5) is 4.39 Å². The van der Waals surface area contributed by atoms with Gasteiger partial charge in [-0.05, 0) is 24.6 Å². The van der Waals surface area contributed by atoms with E-state index in [9.17, 15) is 4.39 Å². The fourth-order valence-corrected chi connectivity index (χ4v) is 2.45. The Morgan fingerprint density at radius 2 is 2.06 bits per heavy atom. The molecule has 3 heteroatoms. The minimum atomic E-state index is -1.07. The summed E-state index contributed by atoms with van der Waals surface area (Å²) in [5, 5.41) is 0. The summed E-state index contributed by atoms with van der Waals surface area (Å²) in [4.78, 5) is 2.05. The van der Waals surface area contributed by atoms with E-state index in [-0.39, 0.29) is 0 Å². The molecular formula is C13H19FN2. The Balaban J connectivity index is 2.14. The summed E-state index contributed by atoms with van der Waals surface area (Å²) in [6.45, 7) is 1.87. The average molecular weight is 222 g/mol. The van der Waals surface area contributed by atoms with Gasteiger partial charge < -0.3 is 10.6 Å². The fourth-order valence-electron chi connectivity index (χ4n) is 2.45. The first-order chi connectivity index (χ1) is 7.63. The maximum Gasteiger partial charge on any atom is 0.128 e. The van der Waals surface area contributed by atoms with Gasteiger partial charge in [-0.3, -0.25) is 0 Å². The first-order valence-corrected chi connectivity index (χ1v) is 5.77. The monoisotopic (exact) mass is 222 g/mol. The summed E-state index contributed by atoms with van der Waals surface area (Å²) < 4.78 is 14.5. The molecule has 0 aromatic heterocycles. The summed E-state index contributed by atoms with van der Waals surface area (Å²) >= 11 is 0. The second kappa shape index (κ2) is 4.52. The molecule has 0 radical (unpaired) electrons. The van der Waals surface area contributed by atoms with Crippen molar-refractivity contribution in [1.82, 2.24) is 4.90 Å². The van der Waals surface area contributed by atoms with E-state index in [0.717, 1.165) is 17.7 Å². The molecule has 0 amide bonds. The minimum absolute atomic E-state index is 0.488. The Morgan fingerprint density at radius 3 is 2.62 bits per heavy atom. The van der Waals surface area contributed by atoms with Crippen LogP contribution in [0, 0.1) is 0 Å². The lowest BCUT2D eigenvalue weighted by Gasteiger charge is -2.20. The predicted molar refractivity (Wildman–Crippen MR) is 64.0 cm³/mol. The number of hydrogen-bond acceptors (Lipinski definition) is 2. The Morgan fingerprint density at radius 1 is 1.38 bits per heavy atom. The van der Waals surface area contributed by atoms with Crippen molar-refractivity contribution in [3.63, 3.8) is 0 Å². The summed E-state index contributed by atoms with van der Waals surface area (Å²) in [6.07, 6.45) is 1.12. The topological polar surface area (TPSA) is 29.3 Å². The van der Waals surface area contributed by atoms with E-state index in [0.29, 0.717) is 25.9 Å². The lowest BCUT2D eigenvalue weighted by molar-refractivity contribution is 0.172. The predicted octanol–water partition coefficient (Wildman–Crippen LogP) is 1.73. The number of hydrogen-bond donors (Lipinski definition) is 1. The molecule has 2 nitrogen and oxygen atoms in total. The van der Waals surface area contributed by atoms with Crippen molar-refractivity contribution in [2.24, 2.45) is 5.73 Å². The Hall–Kier alpha value is -0.930. The minimum Gasteiger partial charge on any atom is -0.326 e. The van der Waals surface area contributed by atoms with E-state index in [1.807, 2.05) is 36.2 Å². The Labute approximate surface area is 96.2 Å². The van der Waals surface area contributed by atoms with Crippen molar-refractivity contribution in [3.8, 4) is 0 Å². The lowest BCUT2D eigenvalue weighted by Crippen LogP contribution is -2.30. The second-order valence-corrected chi connectivity index (χ2v) is 4.79. The van der Waals surface area contributed by atoms with Gasteiger partial charge in [0.2, 0.25) is 0 Å². The summed E-state index contributed by atoms with van der Waals surface area (Å²) in [5.74, 6) is 0. The van der Waals surface area contributed by atoms with Crippen LogP contribution in [0.1, 0.15) is 17.5 Å². The molecule has 1 saturated heterocycles. The highest BCUT2D eigenvalue weighted by Crippen LogP contribution is 2.29. The highest BCUT2D eigenvalue weighted by atomic mass is 19.1. The van der Waals surface area contributed by atoms with Gasteiger partial charge >= 0.3 is 0 Å². The van der Waals surface area contributed by atoms with Crippen LogP contribution in [0.2, 0.25) is 0 Å². The number of rotatable bonds is 3. The van der Waals surface area contributed by atoms with E-state index in [1.54, 1.807) is 0 Å². The first-order valence-electron chi connectivity index (χ1n) is 5.77. The van der Waals surface area contributed by atoms with Crippen LogP contribution in [-0.4, -0.2) is 30.7 Å². The zero-order chi connectivity index (χ0) is 11.6. The molecule has 0 saturated carbocycles. The third-order valence-electron chi connectivity index (χ3n) is 3.34. The Bertz CT molecular complexity index is 367. The van der Waals surface area contributed by atoms with Crippen LogP contribution in [0.3, 0.4) is 0 Å². The van der Waals surface area contributed by atoms with Crippen molar-refractivity contribution in [2.45, 2.75) is 25.1 Å². The molecule has 1 atom stereocenters. The van der Waals surface area contributed by atoms with E-state index in [1.165, 1.54) is 0 Å². The van der Waals surface area contributed by atoms with Crippen molar-refractivity contribution in [1.29, 1.82) is 0 Å². The maximum atomic E-state index is 14.5. The third-order valence-corrected chi connectivity index (χ3v) is 3.34. The van der Waals surface area contributed by atoms with E-state index < -0.39 is 5.67 Å². The lowest BCUT2D eigenvalue weighted by atomic mass is 9.92. The average Bonchev–Trinajstić information content (AvgIpc) is 2.59. The molecule has 1 aliphatic rings. The van der Waals surface area contributed by atoms with Crippen LogP contribution in [-0.2, 0) is 13.0 Å². The van der Waals surface area contributed by atoms with Crippen LogP contribution >= 0.6 is 0 Å². The van der Waals surface area contributed by atoms with Crippen LogP contribution in [0.25, 0.3) is 0 Å². The molecule has 1 aromatic carbocycles. The van der Waals surface area contributed by atoms with Crippen molar-refractivity contribution < 1.29 is 4.39 Å². The molecule has 0 aliphatic carbocycles. The number of benzene rings is 1. The van der Waals surface area contributed by atoms with Crippen LogP contribution in [0.15, 0.2) is 24.3 Å². The second-order valence-electron chi connectivity index (χ2n) is 4.79. The quantitative estimate of drug-likeness (QED) is 0.844. The van der Waals surface area contributed by atoms with Gasteiger partial charge in [-0.15, -0.1) is 0 Å². The normalized spacial score (nSPS) is 26.2. The summed E-state index contributed by atoms with van der Waals surface area (Å²) in [5.41, 5.74) is 6.72. The molecular weight excluding hydrogens is 203 g/mol. The fraction of sp³-hybridized carbons (Fsp3) is 0.538. The largest absolute Gasteiger partial charge is 0.326 e. The summed E-state index contributed by atoms with van der Waals surface area (Å²) in [7, 11) is 1.97. The number of likely N-dealkylation sites (tertiary alicyclic amines) is 1. The molecule has 1 aromatic rings. The van der Waals surface area contributed by atoms with Gasteiger partial charge in [-0.1, -0.05) is 24.3 Å². The van der Waals surface area contributed by atoms with Crippen LogP contribution < -0.4 is 5.73 Å². The highest BCUT2D eigenvalue weighted by molar-refractivity contribution is 5.28. The van der Waals surface area contributed by atoms with E-state index >= 15 is 0 Å². The molecule has 2 N–H and O–H groups in total. The van der Waals surface area contributed by atoms with Crippen LogP contribution in [0.5, 0.6) is 0 Å². The number of nitrogens with zero attached hydrogens (tertiary/aromatic N) is 1. The van der Waals surface area contributed by atoms with Gasteiger partial charge in [0.05, 0.1) is 0 Å². The molecule has 0 bridgehead atoms. The number of nitrogens with two attached hydrogens (primary N) is 1. The van der Waals surface area contributed by atoms with Gasteiger partial charge in [0.15, 0.2) is 0 Å². The molecule has 1 unspecified atom stereocenters.